The van der Waals surface area contributed by atoms with Gasteiger partial charge in [-0.15, -0.1) is 0 Å². The van der Waals surface area contributed by atoms with Crippen LogP contribution in [-0.4, -0.2) is 16.5 Å². The molecule has 0 aliphatic rings. The maximum Gasteiger partial charge on any atom is 0.274 e. The van der Waals surface area contributed by atoms with E-state index in [1.54, 1.807) is 11.5 Å². The van der Waals surface area contributed by atoms with E-state index in [4.69, 9.17) is 9.72 Å². The lowest BCUT2D eigenvalue weighted by molar-refractivity contribution is 0.414. The fourth-order valence-corrected chi connectivity index (χ4v) is 4.55. The Morgan fingerprint density at radius 2 is 1.50 bits per heavy atom. The van der Waals surface area contributed by atoms with Gasteiger partial charge in [-0.05, 0) is 12.1 Å². The Morgan fingerprint density at radius 3 is 2.20 bits per heavy atom. The van der Waals surface area contributed by atoms with Crippen molar-refractivity contribution in [2.75, 3.05) is 7.11 Å². The molecule has 0 radical (unpaired) electrons. The van der Waals surface area contributed by atoms with Crippen molar-refractivity contribution in [2.24, 2.45) is 0 Å². The summed E-state index contributed by atoms with van der Waals surface area (Å²) in [5.41, 5.74) is 4.37. The molecule has 0 saturated heterocycles. The van der Waals surface area contributed by atoms with Crippen molar-refractivity contribution >= 4 is 22.4 Å². The first-order valence-electron chi connectivity index (χ1n) is 9.57. The van der Waals surface area contributed by atoms with Crippen molar-refractivity contribution in [3.8, 4) is 28.3 Å². The SMILES string of the molecule is COc1ccccc1/C=c1/sc2nc(-c3ccccc3)c(-c3ccccc3)n2c1=O. The second-order valence-corrected chi connectivity index (χ2v) is 7.83. The molecule has 0 saturated carbocycles. The third-order valence-electron chi connectivity index (χ3n) is 4.98. The average molecular weight is 410 g/mol. The van der Waals surface area contributed by atoms with Crippen LogP contribution in [0.4, 0.5) is 0 Å². The molecular formula is C25H18N2O2S. The molecule has 4 nitrogen and oxygen atoms in total. The highest BCUT2D eigenvalue weighted by Crippen LogP contribution is 2.32. The van der Waals surface area contributed by atoms with Crippen molar-refractivity contribution in [2.45, 2.75) is 0 Å². The number of hydrogen-bond donors (Lipinski definition) is 0. The molecule has 0 amide bonds. The van der Waals surface area contributed by atoms with Crippen LogP contribution in [-0.2, 0) is 0 Å². The van der Waals surface area contributed by atoms with Gasteiger partial charge in [-0.1, -0.05) is 90.2 Å². The highest BCUT2D eigenvalue weighted by atomic mass is 32.1. The van der Waals surface area contributed by atoms with E-state index in [-0.39, 0.29) is 5.56 Å². The minimum Gasteiger partial charge on any atom is -0.496 e. The Bertz CT molecular complexity index is 1440. The third kappa shape index (κ3) is 3.09. The Morgan fingerprint density at radius 1 is 0.867 bits per heavy atom. The molecule has 146 valence electrons. The summed E-state index contributed by atoms with van der Waals surface area (Å²) < 4.78 is 7.78. The van der Waals surface area contributed by atoms with Gasteiger partial charge in [0.1, 0.15) is 5.75 Å². The number of ether oxygens (including phenoxy) is 1. The highest BCUT2D eigenvalue weighted by molar-refractivity contribution is 7.15. The first-order chi connectivity index (χ1) is 14.8. The molecule has 3 aromatic carbocycles. The minimum absolute atomic E-state index is 0.0746. The van der Waals surface area contributed by atoms with Crippen LogP contribution in [0.3, 0.4) is 0 Å². The summed E-state index contributed by atoms with van der Waals surface area (Å²) in [5.74, 6) is 0.733. The van der Waals surface area contributed by atoms with E-state index in [9.17, 15) is 4.79 Å². The zero-order valence-corrected chi connectivity index (χ0v) is 17.1. The summed E-state index contributed by atoms with van der Waals surface area (Å²) >= 11 is 1.39. The molecule has 0 fully saturated rings. The van der Waals surface area contributed by atoms with E-state index >= 15 is 0 Å². The molecule has 2 heterocycles. The lowest BCUT2D eigenvalue weighted by atomic mass is 10.1. The van der Waals surface area contributed by atoms with Crippen LogP contribution in [0.15, 0.2) is 89.7 Å². The molecule has 5 heteroatoms. The largest absolute Gasteiger partial charge is 0.496 e. The summed E-state index contributed by atoms with van der Waals surface area (Å²) in [4.78, 5) is 19.0. The van der Waals surface area contributed by atoms with Gasteiger partial charge in [0, 0.05) is 16.7 Å². The van der Waals surface area contributed by atoms with Crippen LogP contribution in [0.2, 0.25) is 0 Å². The topological polar surface area (TPSA) is 43.6 Å². The first-order valence-corrected chi connectivity index (χ1v) is 10.4. The Hall–Kier alpha value is -3.70. The molecule has 0 N–H and O–H groups in total. The number of benzene rings is 3. The van der Waals surface area contributed by atoms with Crippen molar-refractivity contribution in [1.82, 2.24) is 9.38 Å². The Kier molecular flexibility index (Phi) is 4.65. The van der Waals surface area contributed by atoms with Gasteiger partial charge in [0.15, 0.2) is 4.96 Å². The molecule has 30 heavy (non-hydrogen) atoms. The normalized spacial score (nSPS) is 11.8. The van der Waals surface area contributed by atoms with Crippen LogP contribution >= 0.6 is 11.3 Å². The number of hydrogen-bond acceptors (Lipinski definition) is 4. The second kappa shape index (κ2) is 7.61. The Balaban J connectivity index is 1.80. The van der Waals surface area contributed by atoms with E-state index in [0.717, 1.165) is 33.8 Å². The van der Waals surface area contributed by atoms with Crippen molar-refractivity contribution in [3.63, 3.8) is 0 Å². The summed E-state index contributed by atoms with van der Waals surface area (Å²) in [5, 5.41) is 0. The van der Waals surface area contributed by atoms with Crippen LogP contribution in [0, 0.1) is 0 Å². The van der Waals surface area contributed by atoms with Gasteiger partial charge in [-0.3, -0.25) is 4.79 Å². The molecule has 0 bridgehead atoms. The standard InChI is InChI=1S/C25H18N2O2S/c1-29-20-15-9-8-14-19(20)16-21-24(28)27-23(18-12-6-3-7-13-18)22(26-25(27)30-21)17-10-4-2-5-11-17/h2-16H,1H3/b21-16+. The fraction of sp³-hybridized carbons (Fsp3) is 0.0400. The van der Waals surface area contributed by atoms with E-state index in [1.165, 1.54) is 11.3 Å². The van der Waals surface area contributed by atoms with Gasteiger partial charge in [-0.25, -0.2) is 9.38 Å². The molecule has 5 rings (SSSR count). The van der Waals surface area contributed by atoms with Gasteiger partial charge in [0.25, 0.3) is 5.56 Å². The smallest absolute Gasteiger partial charge is 0.274 e. The molecule has 0 atom stereocenters. The molecular weight excluding hydrogens is 392 g/mol. The lowest BCUT2D eigenvalue weighted by Gasteiger charge is -2.04. The molecule has 0 spiro atoms. The van der Waals surface area contributed by atoms with Gasteiger partial charge >= 0.3 is 0 Å². The van der Waals surface area contributed by atoms with Crippen LogP contribution in [0.25, 0.3) is 33.6 Å². The summed E-state index contributed by atoms with van der Waals surface area (Å²) in [7, 11) is 1.63. The quantitative estimate of drug-likeness (QED) is 0.433. The maximum absolute atomic E-state index is 13.4. The molecule has 5 aromatic rings. The summed E-state index contributed by atoms with van der Waals surface area (Å²) in [6, 6.07) is 27.6. The highest BCUT2D eigenvalue weighted by Gasteiger charge is 2.19. The van der Waals surface area contributed by atoms with Crippen LogP contribution in [0.5, 0.6) is 5.75 Å². The number of rotatable bonds is 4. The van der Waals surface area contributed by atoms with E-state index in [1.807, 2.05) is 91.0 Å². The van der Waals surface area contributed by atoms with Gasteiger partial charge < -0.3 is 4.74 Å². The molecule has 2 aromatic heterocycles. The predicted octanol–water partition coefficient (Wildman–Crippen LogP) is 4.65. The number of para-hydroxylation sites is 1. The molecule has 0 unspecified atom stereocenters. The lowest BCUT2D eigenvalue weighted by Crippen LogP contribution is -2.23. The number of fused-ring (bicyclic) bond motifs is 1. The number of methoxy groups -OCH3 is 1. The number of thiazole rings is 1. The van der Waals surface area contributed by atoms with E-state index in [2.05, 4.69) is 0 Å². The molecule has 0 aliphatic carbocycles. The fourth-order valence-electron chi connectivity index (χ4n) is 3.59. The van der Waals surface area contributed by atoms with Crippen molar-refractivity contribution < 1.29 is 4.74 Å². The summed E-state index contributed by atoms with van der Waals surface area (Å²) in [6.45, 7) is 0. The van der Waals surface area contributed by atoms with Crippen molar-refractivity contribution in [1.29, 1.82) is 0 Å². The maximum atomic E-state index is 13.4. The van der Waals surface area contributed by atoms with Gasteiger partial charge in [-0.2, -0.15) is 0 Å². The summed E-state index contributed by atoms with van der Waals surface area (Å²) in [6.07, 6.45) is 1.87. The zero-order valence-electron chi connectivity index (χ0n) is 16.3. The van der Waals surface area contributed by atoms with Gasteiger partial charge in [0.2, 0.25) is 0 Å². The van der Waals surface area contributed by atoms with Gasteiger partial charge in [0.05, 0.1) is 23.0 Å². The minimum atomic E-state index is -0.0746. The number of aromatic nitrogens is 2. The van der Waals surface area contributed by atoms with Crippen molar-refractivity contribution in [3.05, 3.63) is 105 Å². The number of imidazole rings is 1. The third-order valence-corrected chi connectivity index (χ3v) is 5.95. The average Bonchev–Trinajstić information content (AvgIpc) is 3.32. The Labute approximate surface area is 177 Å². The predicted molar refractivity (Wildman–Crippen MR) is 122 cm³/mol. The molecule has 0 aliphatic heterocycles. The first kappa shape index (κ1) is 18.3. The van der Waals surface area contributed by atoms with Crippen LogP contribution < -0.4 is 14.8 Å². The monoisotopic (exact) mass is 410 g/mol. The van der Waals surface area contributed by atoms with E-state index < -0.39 is 0 Å². The number of nitrogens with zero attached hydrogens (tertiary/aromatic N) is 2. The zero-order chi connectivity index (χ0) is 20.5. The van der Waals surface area contributed by atoms with Crippen LogP contribution in [0.1, 0.15) is 5.56 Å². The van der Waals surface area contributed by atoms with E-state index in [0.29, 0.717) is 9.49 Å². The second-order valence-electron chi connectivity index (χ2n) is 6.82.